The number of nitrogens with zero attached hydrogens (tertiary/aromatic N) is 1. The van der Waals surface area contributed by atoms with Crippen molar-refractivity contribution in [3.05, 3.63) is 30.1 Å². The smallest absolute Gasteiger partial charge is 0.125 e. The Balaban J connectivity index is 2.46. The van der Waals surface area contributed by atoms with Crippen LogP contribution in [0.25, 0.3) is 5.69 Å². The number of benzene rings is 1. The number of hydrogen-bond donors (Lipinski definition) is 1. The second-order valence-electron chi connectivity index (χ2n) is 1.96. The number of hydrogen-bond acceptors (Lipinski definition) is 1. The van der Waals surface area contributed by atoms with Crippen LogP contribution in [0, 0.1) is 5.82 Å². The molecular weight excluding hydrogens is 135 g/mol. The van der Waals surface area contributed by atoms with Crippen LogP contribution in [0.5, 0.6) is 0 Å². The van der Waals surface area contributed by atoms with Gasteiger partial charge in [0.05, 0.1) is 0 Å². The first-order valence-electron chi connectivity index (χ1n) is 2.84. The van der Waals surface area contributed by atoms with Crippen molar-refractivity contribution < 1.29 is 9.02 Å². The first kappa shape index (κ1) is 5.34. The topological polar surface area (TPSA) is 33.9 Å². The standard InChI is InChI=1S/C6H5FN2O/c7-5-2-1-3-6(4-5)9-8-10-9/h1-4,8H. The van der Waals surface area contributed by atoms with Gasteiger partial charge in [-0.1, -0.05) is 16.2 Å². The van der Waals surface area contributed by atoms with Crippen molar-refractivity contribution in [3.8, 4) is 5.69 Å². The zero-order valence-electron chi connectivity index (χ0n) is 5.04. The van der Waals surface area contributed by atoms with E-state index in [2.05, 4.69) is 9.90 Å². The van der Waals surface area contributed by atoms with Crippen molar-refractivity contribution in [1.82, 2.24) is 10.1 Å². The van der Waals surface area contributed by atoms with E-state index in [1.54, 1.807) is 12.1 Å². The molecule has 0 atom stereocenters. The van der Waals surface area contributed by atoms with E-state index in [0.29, 0.717) is 5.69 Å². The van der Waals surface area contributed by atoms with Gasteiger partial charge >= 0.3 is 0 Å². The molecule has 1 aromatic carbocycles. The van der Waals surface area contributed by atoms with E-state index < -0.39 is 0 Å². The molecule has 0 bridgehead atoms. The second kappa shape index (κ2) is 1.76. The highest BCUT2D eigenvalue weighted by molar-refractivity contribution is 5.28. The summed E-state index contributed by atoms with van der Waals surface area (Å²) >= 11 is 0. The van der Waals surface area contributed by atoms with Gasteiger partial charge in [0.2, 0.25) is 0 Å². The van der Waals surface area contributed by atoms with Gasteiger partial charge in [0.25, 0.3) is 0 Å². The van der Waals surface area contributed by atoms with E-state index in [-0.39, 0.29) is 5.82 Å². The number of nitrogens with one attached hydrogen (secondary N) is 1. The SMILES string of the molecule is Fc1cccc(-n2[nH]o2)c1. The highest BCUT2D eigenvalue weighted by Gasteiger charge is 2.01. The Morgan fingerprint density at radius 2 is 2.30 bits per heavy atom. The van der Waals surface area contributed by atoms with Crippen molar-refractivity contribution in [1.29, 1.82) is 0 Å². The molecule has 2 aromatic rings. The minimum Gasteiger partial charge on any atom is -0.252 e. The summed E-state index contributed by atoms with van der Waals surface area (Å²) in [4.78, 5) is 1.36. The average molecular weight is 140 g/mol. The molecule has 4 heteroatoms. The fourth-order valence-corrected chi connectivity index (χ4v) is 0.728. The van der Waals surface area contributed by atoms with Gasteiger partial charge in [-0.25, -0.2) is 4.39 Å². The fraction of sp³-hybridized carbons (Fsp3) is 0. The van der Waals surface area contributed by atoms with Crippen LogP contribution < -0.4 is 0 Å². The normalized spacial score (nSPS) is 10.5. The Morgan fingerprint density at radius 3 is 2.90 bits per heavy atom. The van der Waals surface area contributed by atoms with Gasteiger partial charge in [0.1, 0.15) is 11.5 Å². The highest BCUT2D eigenvalue weighted by Crippen LogP contribution is 2.08. The molecule has 1 aromatic heterocycles. The van der Waals surface area contributed by atoms with E-state index in [9.17, 15) is 4.39 Å². The van der Waals surface area contributed by atoms with Crippen LogP contribution >= 0.6 is 0 Å². The molecular formula is C6H5FN2O. The third-order valence-corrected chi connectivity index (χ3v) is 1.23. The van der Waals surface area contributed by atoms with Crippen LogP contribution in [0.2, 0.25) is 0 Å². The van der Waals surface area contributed by atoms with Crippen molar-refractivity contribution in [2.75, 3.05) is 0 Å². The number of rotatable bonds is 1. The maximum atomic E-state index is 12.4. The fourth-order valence-electron chi connectivity index (χ4n) is 0.728. The van der Waals surface area contributed by atoms with Gasteiger partial charge in [0.15, 0.2) is 0 Å². The molecule has 0 aliphatic heterocycles. The summed E-state index contributed by atoms with van der Waals surface area (Å²) < 4.78 is 17.0. The van der Waals surface area contributed by atoms with E-state index in [1.807, 2.05) is 0 Å². The molecule has 2 rings (SSSR count). The largest absolute Gasteiger partial charge is 0.252 e. The molecule has 1 N–H and O–H groups in total. The van der Waals surface area contributed by atoms with Crippen LogP contribution in [0.1, 0.15) is 0 Å². The van der Waals surface area contributed by atoms with Crippen LogP contribution in [0.15, 0.2) is 28.9 Å². The Labute approximate surface area is 55.9 Å². The summed E-state index contributed by atoms with van der Waals surface area (Å²) in [5.41, 5.74) is 0.667. The number of H-pyrrole nitrogens is 1. The molecule has 3 nitrogen and oxygen atoms in total. The third kappa shape index (κ3) is 0.834. The summed E-state index contributed by atoms with van der Waals surface area (Å²) in [7, 11) is 0. The van der Waals surface area contributed by atoms with Gasteiger partial charge < -0.3 is 0 Å². The molecule has 0 aliphatic rings. The van der Waals surface area contributed by atoms with Crippen molar-refractivity contribution >= 4 is 0 Å². The Kier molecular flexibility index (Phi) is 0.943. The zero-order valence-corrected chi connectivity index (χ0v) is 5.04. The number of aromatic amines is 1. The molecule has 0 saturated carbocycles. The Bertz CT molecular complexity index is 311. The first-order valence-corrected chi connectivity index (χ1v) is 2.84. The van der Waals surface area contributed by atoms with Gasteiger partial charge in [-0.05, 0) is 12.1 Å². The second-order valence-corrected chi connectivity index (χ2v) is 1.96. The van der Waals surface area contributed by atoms with Crippen molar-refractivity contribution in [3.63, 3.8) is 0 Å². The summed E-state index contributed by atoms with van der Waals surface area (Å²) in [5.74, 6) is -0.269. The van der Waals surface area contributed by atoms with Gasteiger partial charge in [-0.15, -0.1) is 0 Å². The molecule has 0 unspecified atom stereocenters. The molecule has 1 heterocycles. The van der Waals surface area contributed by atoms with Crippen molar-refractivity contribution in [2.24, 2.45) is 0 Å². The maximum Gasteiger partial charge on any atom is 0.125 e. The molecule has 0 aliphatic carbocycles. The molecule has 0 amide bonds. The van der Waals surface area contributed by atoms with Crippen LogP contribution in [0.4, 0.5) is 4.39 Å². The first-order chi connectivity index (χ1) is 4.86. The average Bonchev–Trinajstić information content (AvgIpc) is 2.68. The lowest BCUT2D eigenvalue weighted by Crippen LogP contribution is -1.82. The Morgan fingerprint density at radius 1 is 1.50 bits per heavy atom. The van der Waals surface area contributed by atoms with E-state index in [0.717, 1.165) is 0 Å². The molecule has 10 heavy (non-hydrogen) atoms. The maximum absolute atomic E-state index is 12.4. The minimum absolute atomic E-state index is 0.269. The monoisotopic (exact) mass is 140 g/mol. The lowest BCUT2D eigenvalue weighted by Gasteiger charge is -1.88. The molecule has 0 spiro atoms. The lowest BCUT2D eigenvalue weighted by atomic mass is 10.3. The summed E-state index contributed by atoms with van der Waals surface area (Å²) in [5, 5.41) is 2.44. The quantitative estimate of drug-likeness (QED) is 0.640. The van der Waals surface area contributed by atoms with Crippen molar-refractivity contribution in [2.45, 2.75) is 0 Å². The highest BCUT2D eigenvalue weighted by atomic mass is 19.1. The third-order valence-electron chi connectivity index (χ3n) is 1.23. The van der Waals surface area contributed by atoms with E-state index in [4.69, 9.17) is 0 Å². The molecule has 0 fully saturated rings. The molecule has 0 saturated heterocycles. The van der Waals surface area contributed by atoms with E-state index in [1.165, 1.54) is 17.0 Å². The van der Waals surface area contributed by atoms with Gasteiger partial charge in [-0.2, -0.15) is 0 Å². The van der Waals surface area contributed by atoms with Crippen LogP contribution in [0.3, 0.4) is 0 Å². The predicted octanol–water partition coefficient (Wildman–Crippen LogP) is 1.54. The zero-order chi connectivity index (χ0) is 6.97. The summed E-state index contributed by atoms with van der Waals surface area (Å²) in [6.45, 7) is 0. The van der Waals surface area contributed by atoms with Gasteiger partial charge in [-0.3, -0.25) is 4.63 Å². The minimum atomic E-state index is -0.269. The van der Waals surface area contributed by atoms with Gasteiger partial charge in [0, 0.05) is 6.07 Å². The van der Waals surface area contributed by atoms with Crippen LogP contribution in [-0.2, 0) is 0 Å². The predicted molar refractivity (Wildman–Crippen MR) is 32.3 cm³/mol. The number of aromatic nitrogens is 2. The lowest BCUT2D eigenvalue weighted by molar-refractivity contribution is 0.499. The number of halogens is 1. The molecule has 52 valence electrons. The summed E-state index contributed by atoms with van der Waals surface area (Å²) in [6.07, 6.45) is 0. The van der Waals surface area contributed by atoms with Crippen LogP contribution in [-0.4, -0.2) is 10.1 Å². The Hall–Kier alpha value is -1.45. The summed E-state index contributed by atoms with van der Waals surface area (Å²) in [6, 6.07) is 6.12. The van der Waals surface area contributed by atoms with E-state index >= 15 is 0 Å². The molecule has 0 radical (unpaired) electrons.